The molecule has 1 aromatic heterocycles. The van der Waals surface area contributed by atoms with Crippen LogP contribution in [-0.4, -0.2) is 28.9 Å². The minimum atomic E-state index is -0.479. The highest BCUT2D eigenvalue weighted by atomic mass is 32.1. The highest BCUT2D eigenvalue weighted by Gasteiger charge is 2.29. The number of aryl methyl sites for hydroxylation is 1. The third kappa shape index (κ3) is 3.78. The van der Waals surface area contributed by atoms with Crippen molar-refractivity contribution in [1.82, 2.24) is 9.88 Å². The van der Waals surface area contributed by atoms with E-state index < -0.39 is 6.04 Å². The number of likely N-dealkylation sites (N-methyl/N-ethyl adjacent to an activating group) is 1. The fraction of sp³-hybridized carbons (Fsp3) is 0.692. The fourth-order valence-electron chi connectivity index (χ4n) is 1.47. The van der Waals surface area contributed by atoms with Gasteiger partial charge in [0.05, 0.1) is 12.6 Å². The quantitative estimate of drug-likeness (QED) is 0.910. The zero-order valence-electron chi connectivity index (χ0n) is 11.9. The van der Waals surface area contributed by atoms with Crippen molar-refractivity contribution in [1.29, 1.82) is 0 Å². The molecule has 0 aliphatic rings. The van der Waals surface area contributed by atoms with Crippen LogP contribution in [0, 0.1) is 5.41 Å². The number of nitrogens with two attached hydrogens (primary N) is 1. The molecular weight excluding hydrogens is 246 g/mol. The number of amides is 1. The Labute approximate surface area is 113 Å². The van der Waals surface area contributed by atoms with Crippen LogP contribution in [0.15, 0.2) is 6.20 Å². The van der Waals surface area contributed by atoms with Gasteiger partial charge in [-0.2, -0.15) is 0 Å². The summed E-state index contributed by atoms with van der Waals surface area (Å²) in [6.07, 6.45) is 2.86. The van der Waals surface area contributed by atoms with E-state index in [4.69, 9.17) is 5.73 Å². The second-order valence-corrected chi connectivity index (χ2v) is 6.81. The lowest BCUT2D eigenvalue weighted by atomic mass is 9.86. The van der Waals surface area contributed by atoms with Crippen LogP contribution in [-0.2, 0) is 17.8 Å². The molecule has 4 nitrogen and oxygen atoms in total. The van der Waals surface area contributed by atoms with Gasteiger partial charge in [-0.05, 0) is 11.8 Å². The van der Waals surface area contributed by atoms with E-state index in [0.717, 1.165) is 11.4 Å². The molecule has 5 heteroatoms. The number of hydrogen-bond donors (Lipinski definition) is 1. The number of thiazole rings is 1. The molecule has 2 N–H and O–H groups in total. The fourth-order valence-corrected chi connectivity index (χ4v) is 2.39. The monoisotopic (exact) mass is 269 g/mol. The predicted octanol–water partition coefficient (Wildman–Crippen LogP) is 2.04. The van der Waals surface area contributed by atoms with Crippen LogP contribution >= 0.6 is 11.3 Å². The SMILES string of the molecule is CCc1cnc(CN(C)C(=O)[C@@H](N)C(C)(C)C)s1. The molecule has 0 bridgehead atoms. The Balaban J connectivity index is 2.65. The van der Waals surface area contributed by atoms with Crippen LogP contribution in [0.25, 0.3) is 0 Å². The first-order valence-electron chi connectivity index (χ1n) is 6.19. The average molecular weight is 269 g/mol. The third-order valence-corrected chi connectivity index (χ3v) is 4.02. The molecule has 102 valence electrons. The minimum Gasteiger partial charge on any atom is -0.338 e. The van der Waals surface area contributed by atoms with Crippen LogP contribution in [0.5, 0.6) is 0 Å². The van der Waals surface area contributed by atoms with Crippen molar-refractivity contribution in [2.45, 2.75) is 46.7 Å². The lowest BCUT2D eigenvalue weighted by molar-refractivity contribution is -0.134. The van der Waals surface area contributed by atoms with Gasteiger partial charge in [-0.15, -0.1) is 11.3 Å². The Kier molecular flexibility index (Phi) is 4.87. The summed E-state index contributed by atoms with van der Waals surface area (Å²) >= 11 is 1.65. The highest BCUT2D eigenvalue weighted by molar-refractivity contribution is 7.11. The van der Waals surface area contributed by atoms with E-state index >= 15 is 0 Å². The molecule has 0 fully saturated rings. The molecule has 0 aliphatic heterocycles. The lowest BCUT2D eigenvalue weighted by Gasteiger charge is -2.29. The number of carbonyl (C=O) groups excluding carboxylic acids is 1. The number of carbonyl (C=O) groups is 1. The molecule has 1 atom stereocenters. The Morgan fingerprint density at radius 1 is 1.56 bits per heavy atom. The first-order chi connectivity index (χ1) is 8.25. The van der Waals surface area contributed by atoms with Crippen molar-refractivity contribution in [3.63, 3.8) is 0 Å². The van der Waals surface area contributed by atoms with Gasteiger partial charge < -0.3 is 10.6 Å². The number of hydrogen-bond acceptors (Lipinski definition) is 4. The van der Waals surface area contributed by atoms with Gasteiger partial charge in [0, 0.05) is 18.1 Å². The maximum Gasteiger partial charge on any atom is 0.240 e. The van der Waals surface area contributed by atoms with E-state index in [0.29, 0.717) is 6.54 Å². The van der Waals surface area contributed by atoms with Gasteiger partial charge in [0.1, 0.15) is 5.01 Å². The zero-order valence-corrected chi connectivity index (χ0v) is 12.7. The van der Waals surface area contributed by atoms with Crippen molar-refractivity contribution in [3.8, 4) is 0 Å². The summed E-state index contributed by atoms with van der Waals surface area (Å²) in [5, 5.41) is 0.962. The normalized spacial score (nSPS) is 13.4. The Morgan fingerprint density at radius 3 is 2.61 bits per heavy atom. The molecule has 0 saturated carbocycles. The van der Waals surface area contributed by atoms with Gasteiger partial charge >= 0.3 is 0 Å². The predicted molar refractivity (Wildman–Crippen MR) is 75.4 cm³/mol. The largest absolute Gasteiger partial charge is 0.338 e. The van der Waals surface area contributed by atoms with E-state index in [9.17, 15) is 4.79 Å². The Bertz CT molecular complexity index is 409. The maximum absolute atomic E-state index is 12.1. The van der Waals surface area contributed by atoms with Crippen LogP contribution in [0.3, 0.4) is 0 Å². The van der Waals surface area contributed by atoms with Gasteiger partial charge in [-0.3, -0.25) is 4.79 Å². The standard InChI is InChI=1S/C13H23N3OS/c1-6-9-7-15-10(18-9)8-16(5)12(17)11(14)13(2,3)4/h7,11H,6,8,14H2,1-5H3/t11-/m1/s1. The molecule has 0 saturated heterocycles. The number of aromatic nitrogens is 1. The summed E-state index contributed by atoms with van der Waals surface area (Å²) in [4.78, 5) is 19.4. The van der Waals surface area contributed by atoms with Crippen molar-refractivity contribution in [2.75, 3.05) is 7.05 Å². The average Bonchev–Trinajstić information content (AvgIpc) is 2.73. The smallest absolute Gasteiger partial charge is 0.240 e. The Morgan fingerprint density at radius 2 is 2.17 bits per heavy atom. The lowest BCUT2D eigenvalue weighted by Crippen LogP contribution is -2.48. The van der Waals surface area contributed by atoms with Crippen molar-refractivity contribution < 1.29 is 4.79 Å². The molecular formula is C13H23N3OS. The molecule has 0 spiro atoms. The van der Waals surface area contributed by atoms with Crippen molar-refractivity contribution in [2.24, 2.45) is 11.1 Å². The van der Waals surface area contributed by atoms with Crippen LogP contribution in [0.2, 0.25) is 0 Å². The zero-order chi connectivity index (χ0) is 13.9. The molecule has 1 heterocycles. The highest BCUT2D eigenvalue weighted by Crippen LogP contribution is 2.20. The summed E-state index contributed by atoms with van der Waals surface area (Å²) in [7, 11) is 1.78. The van der Waals surface area contributed by atoms with Gasteiger partial charge in [0.2, 0.25) is 5.91 Å². The maximum atomic E-state index is 12.1. The summed E-state index contributed by atoms with van der Waals surface area (Å²) < 4.78 is 0. The summed E-state index contributed by atoms with van der Waals surface area (Å²) in [6.45, 7) is 8.56. The topological polar surface area (TPSA) is 59.2 Å². The second kappa shape index (κ2) is 5.80. The van der Waals surface area contributed by atoms with Crippen LogP contribution in [0.1, 0.15) is 37.6 Å². The number of rotatable bonds is 4. The van der Waals surface area contributed by atoms with Gasteiger partial charge in [0.15, 0.2) is 0 Å². The minimum absolute atomic E-state index is 0.0317. The molecule has 0 aromatic carbocycles. The van der Waals surface area contributed by atoms with Gasteiger partial charge in [-0.25, -0.2) is 4.98 Å². The third-order valence-electron chi connectivity index (χ3n) is 2.90. The van der Waals surface area contributed by atoms with Crippen molar-refractivity contribution >= 4 is 17.2 Å². The summed E-state index contributed by atoms with van der Waals surface area (Å²) in [6, 6.07) is -0.479. The summed E-state index contributed by atoms with van der Waals surface area (Å²) in [5.74, 6) is -0.0317. The summed E-state index contributed by atoms with van der Waals surface area (Å²) in [5.41, 5.74) is 5.75. The molecule has 1 rings (SSSR count). The van der Waals surface area contributed by atoms with Crippen LogP contribution < -0.4 is 5.73 Å². The molecule has 1 aromatic rings. The molecule has 0 radical (unpaired) electrons. The van der Waals surface area contributed by atoms with E-state index in [-0.39, 0.29) is 11.3 Å². The Hall–Kier alpha value is -0.940. The molecule has 1 amide bonds. The first-order valence-corrected chi connectivity index (χ1v) is 7.01. The van der Waals surface area contributed by atoms with Crippen LogP contribution in [0.4, 0.5) is 0 Å². The van der Waals surface area contributed by atoms with Gasteiger partial charge in [0.25, 0.3) is 0 Å². The second-order valence-electron chi connectivity index (χ2n) is 5.61. The van der Waals surface area contributed by atoms with E-state index in [1.165, 1.54) is 4.88 Å². The van der Waals surface area contributed by atoms with E-state index in [1.54, 1.807) is 23.3 Å². The van der Waals surface area contributed by atoms with E-state index in [1.807, 2.05) is 27.0 Å². The van der Waals surface area contributed by atoms with Gasteiger partial charge in [-0.1, -0.05) is 27.7 Å². The first kappa shape index (κ1) is 15.1. The van der Waals surface area contributed by atoms with E-state index in [2.05, 4.69) is 11.9 Å². The molecule has 18 heavy (non-hydrogen) atoms. The number of nitrogens with zero attached hydrogens (tertiary/aromatic N) is 2. The molecule has 0 aliphatic carbocycles. The van der Waals surface area contributed by atoms with Crippen molar-refractivity contribution in [3.05, 3.63) is 16.1 Å². The molecule has 0 unspecified atom stereocenters.